The predicted octanol–water partition coefficient (Wildman–Crippen LogP) is 2.13. The number of nitrogens with zero attached hydrogens (tertiary/aromatic N) is 3. The van der Waals surface area contributed by atoms with Gasteiger partial charge in [0.2, 0.25) is 0 Å². The van der Waals surface area contributed by atoms with Crippen molar-refractivity contribution >= 4 is 0 Å². The molecular weight excluding hydrogens is 246 g/mol. The minimum Gasteiger partial charge on any atom is -0.306 e. The molecule has 0 aliphatic carbocycles. The van der Waals surface area contributed by atoms with Gasteiger partial charge in [-0.3, -0.25) is 4.90 Å². The van der Waals surface area contributed by atoms with E-state index in [-0.39, 0.29) is 0 Å². The summed E-state index contributed by atoms with van der Waals surface area (Å²) in [5.74, 6) is 0.958. The summed E-state index contributed by atoms with van der Waals surface area (Å²) in [4.78, 5) is 7.91. The Morgan fingerprint density at radius 3 is 2.25 bits per heavy atom. The van der Waals surface area contributed by atoms with Crippen LogP contribution in [0.3, 0.4) is 0 Å². The van der Waals surface area contributed by atoms with Gasteiger partial charge < -0.3 is 9.80 Å². The molecule has 3 aliphatic heterocycles. The van der Waals surface area contributed by atoms with Crippen LogP contribution in [-0.2, 0) is 0 Å². The van der Waals surface area contributed by atoms with Gasteiger partial charge in [0.1, 0.15) is 0 Å². The molecule has 1 spiro atoms. The summed E-state index contributed by atoms with van der Waals surface area (Å²) in [6, 6.07) is 0. The molecule has 3 fully saturated rings. The number of hydrogen-bond acceptors (Lipinski definition) is 3. The lowest BCUT2D eigenvalue weighted by molar-refractivity contribution is -0.0527. The van der Waals surface area contributed by atoms with Crippen molar-refractivity contribution in [1.29, 1.82) is 0 Å². The Bertz CT molecular complexity index is 333. The van der Waals surface area contributed by atoms with E-state index in [1.54, 1.807) is 0 Å². The first-order chi connectivity index (χ1) is 9.36. The van der Waals surface area contributed by atoms with E-state index in [1.807, 2.05) is 0 Å². The smallest absolute Gasteiger partial charge is 0.0125 e. The van der Waals surface area contributed by atoms with Crippen molar-refractivity contribution < 1.29 is 0 Å². The minimum absolute atomic E-state index is 0.368. The van der Waals surface area contributed by atoms with Crippen molar-refractivity contribution in [2.45, 2.75) is 45.6 Å². The van der Waals surface area contributed by atoms with E-state index >= 15 is 0 Å². The van der Waals surface area contributed by atoms with Crippen molar-refractivity contribution in [1.82, 2.24) is 14.7 Å². The lowest BCUT2D eigenvalue weighted by atomic mass is 9.76. The van der Waals surface area contributed by atoms with E-state index in [9.17, 15) is 0 Å². The molecule has 0 unspecified atom stereocenters. The predicted molar refractivity (Wildman–Crippen MR) is 85.0 cm³/mol. The number of rotatable bonds is 2. The van der Waals surface area contributed by atoms with Crippen LogP contribution in [0, 0.1) is 11.3 Å². The summed E-state index contributed by atoms with van der Waals surface area (Å²) >= 11 is 0. The fraction of sp³-hybridized carbons (Fsp3) is 1.00. The van der Waals surface area contributed by atoms with Gasteiger partial charge in [-0.25, -0.2) is 0 Å². The van der Waals surface area contributed by atoms with Crippen molar-refractivity contribution in [2.75, 3.05) is 52.9 Å². The molecule has 3 heterocycles. The van der Waals surface area contributed by atoms with E-state index in [2.05, 4.69) is 42.5 Å². The van der Waals surface area contributed by atoms with E-state index in [0.717, 1.165) is 5.92 Å². The fourth-order valence-electron chi connectivity index (χ4n) is 4.29. The summed E-state index contributed by atoms with van der Waals surface area (Å²) in [6.45, 7) is 16.4. The Labute approximate surface area is 125 Å². The van der Waals surface area contributed by atoms with Gasteiger partial charge in [0.15, 0.2) is 0 Å². The van der Waals surface area contributed by atoms with E-state index < -0.39 is 0 Å². The Hall–Kier alpha value is -0.120. The highest BCUT2D eigenvalue weighted by Gasteiger charge is 2.50. The molecule has 0 aromatic rings. The average Bonchev–Trinajstić information content (AvgIpc) is 2.73. The highest BCUT2D eigenvalue weighted by atomic mass is 15.3. The zero-order valence-corrected chi connectivity index (χ0v) is 14.0. The summed E-state index contributed by atoms with van der Waals surface area (Å²) in [7, 11) is 2.26. The zero-order valence-electron chi connectivity index (χ0n) is 14.0. The number of likely N-dealkylation sites (tertiary alicyclic amines) is 3. The van der Waals surface area contributed by atoms with Crippen molar-refractivity contribution in [3.8, 4) is 0 Å². The van der Waals surface area contributed by atoms with Crippen LogP contribution in [-0.4, -0.2) is 73.1 Å². The first kappa shape index (κ1) is 14.8. The Morgan fingerprint density at radius 2 is 1.65 bits per heavy atom. The largest absolute Gasteiger partial charge is 0.306 e. The van der Waals surface area contributed by atoms with Crippen LogP contribution < -0.4 is 0 Å². The lowest BCUT2D eigenvalue weighted by Gasteiger charge is -2.54. The summed E-state index contributed by atoms with van der Waals surface area (Å²) in [6.07, 6.45) is 4.26. The summed E-state index contributed by atoms with van der Waals surface area (Å²) < 4.78 is 0. The minimum atomic E-state index is 0.368. The maximum Gasteiger partial charge on any atom is 0.0125 e. The molecule has 0 N–H and O–H groups in total. The Kier molecular flexibility index (Phi) is 3.89. The van der Waals surface area contributed by atoms with Gasteiger partial charge in [-0.1, -0.05) is 0 Å². The van der Waals surface area contributed by atoms with E-state index in [1.165, 1.54) is 65.1 Å². The van der Waals surface area contributed by atoms with Crippen LogP contribution in [0.4, 0.5) is 0 Å². The normalized spacial score (nSPS) is 30.0. The molecule has 20 heavy (non-hydrogen) atoms. The van der Waals surface area contributed by atoms with Crippen molar-refractivity contribution in [3.05, 3.63) is 0 Å². The Morgan fingerprint density at radius 1 is 1.00 bits per heavy atom. The molecule has 3 saturated heterocycles. The monoisotopic (exact) mass is 279 g/mol. The molecule has 0 amide bonds. The topological polar surface area (TPSA) is 9.72 Å². The standard InChI is InChI=1S/C17H33N3/c1-16(2,3)20-13-17(14-20)7-10-19(12-17)11-15-5-8-18(4)9-6-15/h15H,5-14H2,1-4H3. The molecule has 3 aliphatic rings. The fourth-order valence-corrected chi connectivity index (χ4v) is 4.29. The maximum atomic E-state index is 2.77. The number of piperidine rings is 1. The number of hydrogen-bond donors (Lipinski definition) is 0. The van der Waals surface area contributed by atoms with E-state index in [0.29, 0.717) is 11.0 Å². The van der Waals surface area contributed by atoms with Crippen molar-refractivity contribution in [2.24, 2.45) is 11.3 Å². The van der Waals surface area contributed by atoms with Crippen LogP contribution in [0.25, 0.3) is 0 Å². The first-order valence-corrected chi connectivity index (χ1v) is 8.52. The zero-order chi connectivity index (χ0) is 14.4. The van der Waals surface area contributed by atoms with Gasteiger partial charge >= 0.3 is 0 Å². The molecule has 3 heteroatoms. The van der Waals surface area contributed by atoms with Crippen LogP contribution in [0.15, 0.2) is 0 Å². The second kappa shape index (κ2) is 5.26. The van der Waals surface area contributed by atoms with E-state index in [4.69, 9.17) is 0 Å². The van der Waals surface area contributed by atoms with Gasteiger partial charge in [-0.05, 0) is 72.6 Å². The molecule has 0 aromatic carbocycles. The molecule has 3 rings (SSSR count). The third kappa shape index (κ3) is 3.05. The average molecular weight is 279 g/mol. The molecule has 0 aromatic heterocycles. The molecule has 0 radical (unpaired) electrons. The second-order valence-corrected chi connectivity index (χ2v) is 8.76. The van der Waals surface area contributed by atoms with Gasteiger partial charge in [0, 0.05) is 37.1 Å². The van der Waals surface area contributed by atoms with Gasteiger partial charge in [0.05, 0.1) is 0 Å². The molecule has 116 valence electrons. The van der Waals surface area contributed by atoms with Crippen LogP contribution in [0.1, 0.15) is 40.0 Å². The Balaban J connectivity index is 1.44. The van der Waals surface area contributed by atoms with Crippen molar-refractivity contribution in [3.63, 3.8) is 0 Å². The lowest BCUT2D eigenvalue weighted by Crippen LogP contribution is -2.63. The maximum absolute atomic E-state index is 2.77. The SMILES string of the molecule is CN1CCC(CN2CCC3(C2)CN(C(C)(C)C)C3)CC1. The third-order valence-corrected chi connectivity index (χ3v) is 5.87. The van der Waals surface area contributed by atoms with Crippen LogP contribution >= 0.6 is 0 Å². The molecule has 0 atom stereocenters. The third-order valence-electron chi connectivity index (χ3n) is 5.87. The molecule has 0 saturated carbocycles. The van der Waals surface area contributed by atoms with Crippen LogP contribution in [0.2, 0.25) is 0 Å². The summed E-state index contributed by atoms with van der Waals surface area (Å²) in [5.41, 5.74) is 1.02. The first-order valence-electron chi connectivity index (χ1n) is 8.52. The van der Waals surface area contributed by atoms with Gasteiger partial charge in [0.25, 0.3) is 0 Å². The van der Waals surface area contributed by atoms with Gasteiger partial charge in [-0.2, -0.15) is 0 Å². The van der Waals surface area contributed by atoms with Gasteiger partial charge in [-0.15, -0.1) is 0 Å². The quantitative estimate of drug-likeness (QED) is 0.767. The highest BCUT2D eigenvalue weighted by Crippen LogP contribution is 2.42. The van der Waals surface area contributed by atoms with Crippen LogP contribution in [0.5, 0.6) is 0 Å². The second-order valence-electron chi connectivity index (χ2n) is 8.76. The molecule has 0 bridgehead atoms. The highest BCUT2D eigenvalue weighted by molar-refractivity contribution is 5.04. The molecule has 3 nitrogen and oxygen atoms in total. The summed E-state index contributed by atoms with van der Waals surface area (Å²) in [5, 5.41) is 0. The molecular formula is C17H33N3.